The first-order valence-electron chi connectivity index (χ1n) is 6.90. The second kappa shape index (κ2) is 5.91. The van der Waals surface area contributed by atoms with E-state index in [9.17, 15) is 9.90 Å². The molecule has 0 atom stereocenters. The molecule has 3 aromatic rings. The third-order valence-electron chi connectivity index (χ3n) is 3.43. The Morgan fingerprint density at radius 1 is 1.23 bits per heavy atom. The molecule has 0 bridgehead atoms. The molecule has 0 unspecified atom stereocenters. The average molecular weight is 293 g/mol. The summed E-state index contributed by atoms with van der Waals surface area (Å²) in [5, 5.41) is 13.0. The monoisotopic (exact) mass is 293 g/mol. The van der Waals surface area contributed by atoms with Crippen LogP contribution in [-0.4, -0.2) is 21.0 Å². The normalized spacial score (nSPS) is 10.6. The Balaban J connectivity index is 2.01. The SMILES string of the molecule is Cc1ccc2cccc(C(=O)Nc3cnccc3CO)c2n1. The summed E-state index contributed by atoms with van der Waals surface area (Å²) >= 11 is 0. The average Bonchev–Trinajstić information content (AvgIpc) is 2.54. The highest BCUT2D eigenvalue weighted by Gasteiger charge is 2.13. The molecule has 2 N–H and O–H groups in total. The molecular formula is C17H15N3O2. The number of aliphatic hydroxyl groups is 1. The number of para-hydroxylation sites is 1. The molecule has 0 spiro atoms. The molecule has 0 aliphatic rings. The van der Waals surface area contributed by atoms with Gasteiger partial charge in [-0.15, -0.1) is 0 Å². The fraction of sp³-hybridized carbons (Fsp3) is 0.118. The molecule has 1 aromatic carbocycles. The molecule has 5 nitrogen and oxygen atoms in total. The quantitative estimate of drug-likeness (QED) is 0.778. The summed E-state index contributed by atoms with van der Waals surface area (Å²) in [5.41, 5.74) is 3.13. The van der Waals surface area contributed by atoms with Gasteiger partial charge in [-0.25, -0.2) is 0 Å². The van der Waals surface area contributed by atoms with Crippen LogP contribution in [0.1, 0.15) is 21.6 Å². The largest absolute Gasteiger partial charge is 0.392 e. The fourth-order valence-corrected chi connectivity index (χ4v) is 2.29. The van der Waals surface area contributed by atoms with Gasteiger partial charge in [0.05, 0.1) is 29.6 Å². The molecule has 1 amide bonds. The predicted molar refractivity (Wildman–Crippen MR) is 84.6 cm³/mol. The Kier molecular flexibility index (Phi) is 3.80. The van der Waals surface area contributed by atoms with Crippen LogP contribution in [0.4, 0.5) is 5.69 Å². The van der Waals surface area contributed by atoms with Crippen molar-refractivity contribution in [1.82, 2.24) is 9.97 Å². The number of benzene rings is 1. The number of nitrogens with zero attached hydrogens (tertiary/aromatic N) is 2. The molecule has 0 aliphatic heterocycles. The first-order valence-corrected chi connectivity index (χ1v) is 6.90. The van der Waals surface area contributed by atoms with Gasteiger partial charge in [-0.05, 0) is 25.1 Å². The van der Waals surface area contributed by atoms with E-state index in [1.807, 2.05) is 31.2 Å². The van der Waals surface area contributed by atoms with Gasteiger partial charge in [0.1, 0.15) is 0 Å². The van der Waals surface area contributed by atoms with E-state index in [2.05, 4.69) is 15.3 Å². The van der Waals surface area contributed by atoms with Gasteiger partial charge in [-0.1, -0.05) is 18.2 Å². The van der Waals surface area contributed by atoms with Gasteiger partial charge in [0, 0.05) is 22.8 Å². The zero-order valence-corrected chi connectivity index (χ0v) is 12.1. The third-order valence-corrected chi connectivity index (χ3v) is 3.43. The number of nitrogens with one attached hydrogen (secondary N) is 1. The van der Waals surface area contributed by atoms with Crippen molar-refractivity contribution in [1.29, 1.82) is 0 Å². The molecule has 3 rings (SSSR count). The van der Waals surface area contributed by atoms with E-state index in [0.29, 0.717) is 22.3 Å². The number of rotatable bonds is 3. The van der Waals surface area contributed by atoms with E-state index < -0.39 is 0 Å². The summed E-state index contributed by atoms with van der Waals surface area (Å²) in [6.45, 7) is 1.73. The Morgan fingerprint density at radius 2 is 2.09 bits per heavy atom. The van der Waals surface area contributed by atoms with Crippen molar-refractivity contribution >= 4 is 22.5 Å². The minimum atomic E-state index is -0.272. The van der Waals surface area contributed by atoms with Gasteiger partial charge in [0.25, 0.3) is 5.91 Å². The molecule has 0 fully saturated rings. The number of aliphatic hydroxyl groups excluding tert-OH is 1. The molecule has 110 valence electrons. The van der Waals surface area contributed by atoms with Crippen molar-refractivity contribution in [3.05, 3.63) is 65.6 Å². The van der Waals surface area contributed by atoms with Crippen molar-refractivity contribution in [2.45, 2.75) is 13.5 Å². The summed E-state index contributed by atoms with van der Waals surface area (Å²) in [6, 6.07) is 11.0. The van der Waals surface area contributed by atoms with Crippen molar-refractivity contribution < 1.29 is 9.90 Å². The van der Waals surface area contributed by atoms with E-state index in [1.54, 1.807) is 18.3 Å². The number of amides is 1. The van der Waals surface area contributed by atoms with Crippen LogP contribution in [0, 0.1) is 6.92 Å². The van der Waals surface area contributed by atoms with E-state index in [0.717, 1.165) is 11.1 Å². The Labute approximate surface area is 127 Å². The molecule has 0 saturated carbocycles. The number of anilines is 1. The second-order valence-corrected chi connectivity index (χ2v) is 4.97. The van der Waals surface area contributed by atoms with Crippen LogP contribution in [0.5, 0.6) is 0 Å². The van der Waals surface area contributed by atoms with Crippen molar-refractivity contribution in [2.75, 3.05) is 5.32 Å². The molecule has 0 saturated heterocycles. The molecule has 22 heavy (non-hydrogen) atoms. The lowest BCUT2D eigenvalue weighted by molar-refractivity contribution is 0.102. The number of aryl methyl sites for hydroxylation is 1. The molecule has 5 heteroatoms. The molecule has 2 aromatic heterocycles. The van der Waals surface area contributed by atoms with Crippen LogP contribution in [0.2, 0.25) is 0 Å². The molecule has 0 radical (unpaired) electrons. The highest BCUT2D eigenvalue weighted by molar-refractivity contribution is 6.12. The van der Waals surface area contributed by atoms with E-state index in [4.69, 9.17) is 0 Å². The first-order chi connectivity index (χ1) is 10.7. The summed E-state index contributed by atoms with van der Waals surface area (Å²) in [5.74, 6) is -0.272. The van der Waals surface area contributed by atoms with Crippen molar-refractivity contribution in [2.24, 2.45) is 0 Å². The van der Waals surface area contributed by atoms with Gasteiger partial charge in [-0.2, -0.15) is 0 Å². The van der Waals surface area contributed by atoms with E-state index >= 15 is 0 Å². The Morgan fingerprint density at radius 3 is 2.91 bits per heavy atom. The highest BCUT2D eigenvalue weighted by Crippen LogP contribution is 2.20. The number of carbonyl (C=O) groups excluding carboxylic acids is 1. The maximum atomic E-state index is 12.5. The Bertz CT molecular complexity index is 846. The summed E-state index contributed by atoms with van der Waals surface area (Å²) in [4.78, 5) is 21.0. The second-order valence-electron chi connectivity index (χ2n) is 4.97. The number of aromatic nitrogens is 2. The third kappa shape index (κ3) is 2.66. The molecule has 0 aliphatic carbocycles. The van der Waals surface area contributed by atoms with E-state index in [-0.39, 0.29) is 12.5 Å². The van der Waals surface area contributed by atoms with Crippen molar-refractivity contribution in [3.8, 4) is 0 Å². The standard InChI is InChI=1S/C17H15N3O2/c1-11-5-6-12-3-2-4-14(16(12)19-11)17(22)20-15-9-18-8-7-13(15)10-21/h2-9,21H,10H2,1H3,(H,20,22). The molecule has 2 heterocycles. The lowest BCUT2D eigenvalue weighted by atomic mass is 10.1. The zero-order chi connectivity index (χ0) is 15.5. The van der Waals surface area contributed by atoms with E-state index in [1.165, 1.54) is 6.20 Å². The summed E-state index contributed by atoms with van der Waals surface area (Å²) in [6.07, 6.45) is 3.09. The van der Waals surface area contributed by atoms with Gasteiger partial charge in [0.2, 0.25) is 0 Å². The number of hydrogen-bond acceptors (Lipinski definition) is 4. The van der Waals surface area contributed by atoms with Crippen LogP contribution in [0.3, 0.4) is 0 Å². The lowest BCUT2D eigenvalue weighted by Crippen LogP contribution is -2.14. The predicted octanol–water partition coefficient (Wildman–Crippen LogP) is 2.68. The number of fused-ring (bicyclic) bond motifs is 1. The summed E-state index contributed by atoms with van der Waals surface area (Å²) < 4.78 is 0. The number of carbonyl (C=O) groups is 1. The van der Waals surface area contributed by atoms with Crippen LogP contribution in [0.25, 0.3) is 10.9 Å². The van der Waals surface area contributed by atoms with Gasteiger partial charge < -0.3 is 10.4 Å². The van der Waals surface area contributed by atoms with Crippen LogP contribution >= 0.6 is 0 Å². The van der Waals surface area contributed by atoms with Gasteiger partial charge >= 0.3 is 0 Å². The number of pyridine rings is 2. The lowest BCUT2D eigenvalue weighted by Gasteiger charge is -2.10. The maximum absolute atomic E-state index is 12.5. The number of hydrogen-bond donors (Lipinski definition) is 2. The van der Waals surface area contributed by atoms with Gasteiger partial charge in [0.15, 0.2) is 0 Å². The van der Waals surface area contributed by atoms with Crippen LogP contribution in [0.15, 0.2) is 48.8 Å². The summed E-state index contributed by atoms with van der Waals surface area (Å²) in [7, 11) is 0. The Hall–Kier alpha value is -2.79. The minimum absolute atomic E-state index is 0.162. The smallest absolute Gasteiger partial charge is 0.257 e. The topological polar surface area (TPSA) is 75.1 Å². The first kappa shape index (κ1) is 14.2. The van der Waals surface area contributed by atoms with Crippen molar-refractivity contribution in [3.63, 3.8) is 0 Å². The van der Waals surface area contributed by atoms with Gasteiger partial charge in [-0.3, -0.25) is 14.8 Å². The zero-order valence-electron chi connectivity index (χ0n) is 12.1. The fourth-order valence-electron chi connectivity index (χ4n) is 2.29. The maximum Gasteiger partial charge on any atom is 0.257 e. The van der Waals surface area contributed by atoms with Crippen LogP contribution in [-0.2, 0) is 6.61 Å². The van der Waals surface area contributed by atoms with Crippen LogP contribution < -0.4 is 5.32 Å². The molecular weight excluding hydrogens is 278 g/mol. The highest BCUT2D eigenvalue weighted by atomic mass is 16.3. The minimum Gasteiger partial charge on any atom is -0.392 e.